The zero-order valence-electron chi connectivity index (χ0n) is 17.8. The van der Waals surface area contributed by atoms with E-state index in [0.29, 0.717) is 37.3 Å². The molecule has 0 bridgehead atoms. The molecule has 0 spiro atoms. The van der Waals surface area contributed by atoms with Crippen molar-refractivity contribution >= 4 is 11.7 Å². The summed E-state index contributed by atoms with van der Waals surface area (Å²) in [6, 6.07) is 10.2. The Balaban J connectivity index is 1.28. The lowest BCUT2D eigenvalue weighted by Gasteiger charge is -2.33. The van der Waals surface area contributed by atoms with E-state index in [0.717, 1.165) is 50.7 Å². The largest absolute Gasteiger partial charge is 0.417 e. The second kappa shape index (κ2) is 9.87. The number of ether oxygens (including phenoxy) is 1. The van der Waals surface area contributed by atoms with Crippen molar-refractivity contribution in [2.75, 3.05) is 44.3 Å². The number of morpholine rings is 1. The van der Waals surface area contributed by atoms with Crippen molar-refractivity contribution in [1.82, 2.24) is 15.2 Å². The molecule has 172 valence electrons. The van der Waals surface area contributed by atoms with Gasteiger partial charge in [0.1, 0.15) is 5.82 Å². The normalized spacial score (nSPS) is 18.5. The highest BCUT2D eigenvalue weighted by atomic mass is 19.4. The number of anilines is 1. The number of benzene rings is 1. The molecule has 2 aliphatic rings. The quantitative estimate of drug-likeness (QED) is 0.761. The maximum Gasteiger partial charge on any atom is 0.417 e. The van der Waals surface area contributed by atoms with Gasteiger partial charge in [-0.25, -0.2) is 4.98 Å². The third-order valence-electron chi connectivity index (χ3n) is 5.93. The van der Waals surface area contributed by atoms with Crippen LogP contribution in [0.15, 0.2) is 42.6 Å². The summed E-state index contributed by atoms with van der Waals surface area (Å²) in [5.41, 5.74) is 0.990. The van der Waals surface area contributed by atoms with Gasteiger partial charge >= 0.3 is 6.18 Å². The van der Waals surface area contributed by atoms with Crippen molar-refractivity contribution < 1.29 is 22.7 Å². The van der Waals surface area contributed by atoms with E-state index in [1.165, 1.54) is 6.07 Å². The van der Waals surface area contributed by atoms with Crippen LogP contribution < -0.4 is 10.2 Å². The minimum absolute atomic E-state index is 0.0242. The number of nitrogens with one attached hydrogen (secondary N) is 1. The molecule has 1 aromatic carbocycles. The molecule has 6 nitrogen and oxygen atoms in total. The number of alkyl halides is 3. The summed E-state index contributed by atoms with van der Waals surface area (Å²) in [5.74, 6) is 0.429. The molecule has 0 aliphatic carbocycles. The van der Waals surface area contributed by atoms with Gasteiger partial charge in [0.25, 0.3) is 5.91 Å². The van der Waals surface area contributed by atoms with Crippen LogP contribution in [0.25, 0.3) is 0 Å². The molecule has 2 aromatic rings. The molecule has 1 aromatic heterocycles. The number of halogens is 3. The summed E-state index contributed by atoms with van der Waals surface area (Å²) in [6.45, 7) is 5.30. The molecule has 9 heteroatoms. The zero-order chi connectivity index (χ0) is 22.6. The Hall–Kier alpha value is -2.65. The Labute approximate surface area is 185 Å². The van der Waals surface area contributed by atoms with Crippen LogP contribution in [0.2, 0.25) is 0 Å². The van der Waals surface area contributed by atoms with Crippen LogP contribution in [0.5, 0.6) is 0 Å². The van der Waals surface area contributed by atoms with E-state index in [9.17, 15) is 18.0 Å². The zero-order valence-corrected chi connectivity index (χ0v) is 17.8. The highest BCUT2D eigenvalue weighted by Crippen LogP contribution is 2.29. The highest BCUT2D eigenvalue weighted by Gasteiger charge is 2.31. The Kier molecular flexibility index (Phi) is 6.95. The van der Waals surface area contributed by atoms with Gasteiger partial charge in [0.2, 0.25) is 0 Å². The Morgan fingerprint density at radius 3 is 2.50 bits per heavy atom. The van der Waals surface area contributed by atoms with Crippen LogP contribution in [-0.4, -0.2) is 61.2 Å². The van der Waals surface area contributed by atoms with Crippen molar-refractivity contribution in [3.63, 3.8) is 0 Å². The Bertz CT molecular complexity index is 906. The molecule has 0 saturated carbocycles. The van der Waals surface area contributed by atoms with E-state index in [1.54, 1.807) is 0 Å². The number of carbonyl (C=O) groups excluding carboxylic acids is 1. The molecule has 32 heavy (non-hydrogen) atoms. The minimum Gasteiger partial charge on any atom is -0.379 e. The number of hydrogen-bond acceptors (Lipinski definition) is 5. The fourth-order valence-corrected chi connectivity index (χ4v) is 4.09. The van der Waals surface area contributed by atoms with Crippen molar-refractivity contribution in [2.45, 2.75) is 31.6 Å². The molecule has 0 unspecified atom stereocenters. The predicted molar refractivity (Wildman–Crippen MR) is 114 cm³/mol. The maximum atomic E-state index is 12.8. The summed E-state index contributed by atoms with van der Waals surface area (Å²) in [7, 11) is 0. The average Bonchev–Trinajstić information content (AvgIpc) is 2.80. The number of pyridine rings is 1. The fraction of sp³-hybridized carbons (Fsp3) is 0.478. The lowest BCUT2D eigenvalue weighted by atomic mass is 10.0. The van der Waals surface area contributed by atoms with Gasteiger partial charge in [-0.15, -0.1) is 0 Å². The first-order valence-corrected chi connectivity index (χ1v) is 10.9. The molecule has 3 heterocycles. The lowest BCUT2D eigenvalue weighted by molar-refractivity contribution is -0.137. The van der Waals surface area contributed by atoms with E-state index in [4.69, 9.17) is 4.74 Å². The number of hydrogen-bond donors (Lipinski definition) is 1. The fourth-order valence-electron chi connectivity index (χ4n) is 4.09. The second-order valence-corrected chi connectivity index (χ2v) is 8.23. The van der Waals surface area contributed by atoms with Crippen LogP contribution in [0.1, 0.15) is 34.3 Å². The van der Waals surface area contributed by atoms with Gasteiger partial charge in [-0.1, -0.05) is 12.1 Å². The summed E-state index contributed by atoms with van der Waals surface area (Å²) < 4.78 is 43.5. The molecular weight excluding hydrogens is 421 g/mol. The van der Waals surface area contributed by atoms with Crippen LogP contribution in [0.3, 0.4) is 0 Å². The maximum absolute atomic E-state index is 12.8. The monoisotopic (exact) mass is 448 g/mol. The third-order valence-corrected chi connectivity index (χ3v) is 5.93. The summed E-state index contributed by atoms with van der Waals surface area (Å²) in [5, 5.41) is 3.10. The molecule has 2 aliphatic heterocycles. The molecule has 0 radical (unpaired) electrons. The molecule has 1 amide bonds. The highest BCUT2D eigenvalue weighted by molar-refractivity contribution is 5.94. The first-order valence-electron chi connectivity index (χ1n) is 10.9. The van der Waals surface area contributed by atoms with E-state index in [1.807, 2.05) is 29.2 Å². The Morgan fingerprint density at radius 2 is 1.84 bits per heavy atom. The van der Waals surface area contributed by atoms with Crippen LogP contribution in [0.4, 0.5) is 19.0 Å². The van der Waals surface area contributed by atoms with Crippen LogP contribution in [-0.2, 0) is 17.5 Å². The molecule has 2 fully saturated rings. The van der Waals surface area contributed by atoms with Crippen molar-refractivity contribution in [1.29, 1.82) is 0 Å². The average molecular weight is 448 g/mol. The van der Waals surface area contributed by atoms with E-state index in [-0.39, 0.29) is 11.9 Å². The van der Waals surface area contributed by atoms with Gasteiger partial charge in [0.15, 0.2) is 0 Å². The van der Waals surface area contributed by atoms with E-state index in [2.05, 4.69) is 15.2 Å². The first-order chi connectivity index (χ1) is 15.4. The first kappa shape index (κ1) is 22.5. The number of carbonyl (C=O) groups is 1. The minimum atomic E-state index is -4.39. The molecule has 4 rings (SSSR count). The third kappa shape index (κ3) is 5.77. The van der Waals surface area contributed by atoms with Crippen LogP contribution >= 0.6 is 0 Å². The van der Waals surface area contributed by atoms with Crippen molar-refractivity contribution in [2.24, 2.45) is 0 Å². The SMILES string of the molecule is O=C(NC1CCN(c2ccc(C(F)(F)F)cn2)CC1)c1cccc(CN2CCOCC2)c1. The van der Waals surface area contributed by atoms with Crippen LogP contribution in [0, 0.1) is 0 Å². The number of rotatable bonds is 5. The van der Waals surface area contributed by atoms with E-state index >= 15 is 0 Å². The molecular formula is C23H27F3N4O2. The molecule has 1 N–H and O–H groups in total. The van der Waals surface area contributed by atoms with E-state index < -0.39 is 11.7 Å². The predicted octanol–water partition coefficient (Wildman–Crippen LogP) is 3.33. The number of piperidine rings is 1. The number of nitrogens with zero attached hydrogens (tertiary/aromatic N) is 3. The smallest absolute Gasteiger partial charge is 0.379 e. The summed E-state index contributed by atoms with van der Waals surface area (Å²) >= 11 is 0. The summed E-state index contributed by atoms with van der Waals surface area (Å²) in [4.78, 5) is 21.0. The van der Waals surface area contributed by atoms with Gasteiger partial charge in [-0.2, -0.15) is 13.2 Å². The number of aromatic nitrogens is 1. The number of amides is 1. The van der Waals surface area contributed by atoms with Gasteiger partial charge in [-0.05, 0) is 42.7 Å². The van der Waals surface area contributed by atoms with Crippen molar-refractivity contribution in [3.05, 3.63) is 59.3 Å². The lowest BCUT2D eigenvalue weighted by Crippen LogP contribution is -2.45. The summed E-state index contributed by atoms with van der Waals surface area (Å²) in [6.07, 6.45) is -2.10. The molecule has 2 saturated heterocycles. The Morgan fingerprint density at radius 1 is 1.09 bits per heavy atom. The molecule has 0 atom stereocenters. The van der Waals surface area contributed by atoms with Gasteiger partial charge < -0.3 is 15.0 Å². The van der Waals surface area contributed by atoms with Gasteiger partial charge in [0, 0.05) is 50.5 Å². The topological polar surface area (TPSA) is 57.7 Å². The van der Waals surface area contributed by atoms with Crippen molar-refractivity contribution in [3.8, 4) is 0 Å². The second-order valence-electron chi connectivity index (χ2n) is 8.23. The van der Waals surface area contributed by atoms with Gasteiger partial charge in [-0.3, -0.25) is 9.69 Å². The van der Waals surface area contributed by atoms with Gasteiger partial charge in [0.05, 0.1) is 18.8 Å². The standard InChI is InChI=1S/C23H27F3N4O2/c24-23(25,26)19-4-5-21(27-15-19)30-8-6-20(7-9-30)28-22(31)18-3-1-2-17(14-18)16-29-10-12-32-13-11-29/h1-5,14-15,20H,6-13,16H2,(H,28,31).